The molecule has 1 N–H and O–H groups in total. The predicted octanol–water partition coefficient (Wildman–Crippen LogP) is 5.18. The number of nitrogens with zero attached hydrogens (tertiary/aromatic N) is 3. The average molecular weight is 457 g/mol. The van der Waals surface area contributed by atoms with E-state index < -0.39 is 0 Å². The first-order chi connectivity index (χ1) is 16.0. The maximum Gasteiger partial charge on any atom is 0.264 e. The third kappa shape index (κ3) is 5.27. The highest BCUT2D eigenvalue weighted by Crippen LogP contribution is 2.24. The summed E-state index contributed by atoms with van der Waals surface area (Å²) in [6.45, 7) is 5.90. The minimum absolute atomic E-state index is 0.107. The second-order valence-electron chi connectivity index (χ2n) is 7.52. The van der Waals surface area contributed by atoms with Crippen molar-refractivity contribution in [1.82, 2.24) is 14.5 Å². The van der Waals surface area contributed by atoms with Gasteiger partial charge in [0.15, 0.2) is 0 Å². The molecule has 6 nitrogen and oxygen atoms in total. The summed E-state index contributed by atoms with van der Waals surface area (Å²) in [5, 5.41) is 4.73. The smallest absolute Gasteiger partial charge is 0.264 e. The number of thiophene rings is 1. The first kappa shape index (κ1) is 22.2. The van der Waals surface area contributed by atoms with Gasteiger partial charge in [-0.25, -0.2) is 4.98 Å². The van der Waals surface area contributed by atoms with Gasteiger partial charge in [0, 0.05) is 24.0 Å². The summed E-state index contributed by atoms with van der Waals surface area (Å²) in [6, 6.07) is 21.3. The summed E-state index contributed by atoms with van der Waals surface area (Å²) in [6.07, 6.45) is 3.51. The molecule has 166 valence electrons. The molecule has 0 saturated heterocycles. The molecule has 2 heterocycles. The lowest BCUT2D eigenvalue weighted by Gasteiger charge is -2.20. The lowest BCUT2D eigenvalue weighted by Crippen LogP contribution is -2.38. The van der Waals surface area contributed by atoms with E-state index in [9.17, 15) is 9.59 Å². The first-order valence-corrected chi connectivity index (χ1v) is 11.4. The van der Waals surface area contributed by atoms with E-state index in [4.69, 9.17) is 0 Å². The Morgan fingerprint density at radius 1 is 1.09 bits per heavy atom. The molecule has 2 aromatic heterocycles. The van der Waals surface area contributed by atoms with E-state index in [1.54, 1.807) is 12.1 Å². The van der Waals surface area contributed by atoms with Gasteiger partial charge in [-0.05, 0) is 30.5 Å². The van der Waals surface area contributed by atoms with Crippen LogP contribution in [0.5, 0.6) is 0 Å². The van der Waals surface area contributed by atoms with Crippen LogP contribution in [0.25, 0.3) is 16.9 Å². The Morgan fingerprint density at radius 2 is 1.85 bits per heavy atom. The van der Waals surface area contributed by atoms with Crippen LogP contribution in [0, 0.1) is 6.92 Å². The van der Waals surface area contributed by atoms with Gasteiger partial charge in [0.1, 0.15) is 6.54 Å². The third-order valence-corrected chi connectivity index (χ3v) is 5.90. The van der Waals surface area contributed by atoms with E-state index in [-0.39, 0.29) is 24.9 Å². The number of imidazole rings is 1. The zero-order chi connectivity index (χ0) is 23.2. The van der Waals surface area contributed by atoms with Crippen molar-refractivity contribution in [2.45, 2.75) is 6.92 Å². The van der Waals surface area contributed by atoms with Crippen LogP contribution < -0.4 is 5.32 Å². The second-order valence-corrected chi connectivity index (χ2v) is 8.47. The van der Waals surface area contributed by atoms with Crippen molar-refractivity contribution in [2.24, 2.45) is 0 Å². The van der Waals surface area contributed by atoms with E-state index >= 15 is 0 Å². The number of carbonyl (C=O) groups is 2. The first-order valence-electron chi connectivity index (χ1n) is 10.5. The molecule has 4 rings (SSSR count). The Balaban J connectivity index is 1.61. The lowest BCUT2D eigenvalue weighted by atomic mass is 10.2. The fraction of sp³-hybridized carbons (Fsp3) is 0.115. The van der Waals surface area contributed by atoms with Crippen LogP contribution in [0.3, 0.4) is 0 Å². The van der Waals surface area contributed by atoms with Crippen LogP contribution in [0.4, 0.5) is 5.95 Å². The van der Waals surface area contributed by atoms with E-state index in [1.807, 2.05) is 83.7 Å². The molecular weight excluding hydrogens is 432 g/mol. The highest BCUT2D eigenvalue weighted by atomic mass is 32.1. The summed E-state index contributed by atoms with van der Waals surface area (Å²) in [5.41, 5.74) is 3.70. The Morgan fingerprint density at radius 3 is 2.52 bits per heavy atom. The molecule has 7 heteroatoms. The molecule has 0 fully saturated rings. The van der Waals surface area contributed by atoms with Crippen molar-refractivity contribution in [1.29, 1.82) is 0 Å². The van der Waals surface area contributed by atoms with E-state index in [0.717, 1.165) is 22.5 Å². The number of benzene rings is 2. The normalized spacial score (nSPS) is 10.6. The molecule has 0 aliphatic heterocycles. The molecule has 0 atom stereocenters. The van der Waals surface area contributed by atoms with Gasteiger partial charge in [-0.15, -0.1) is 17.9 Å². The highest BCUT2D eigenvalue weighted by Gasteiger charge is 2.20. The van der Waals surface area contributed by atoms with Crippen molar-refractivity contribution >= 4 is 29.1 Å². The van der Waals surface area contributed by atoms with Crippen molar-refractivity contribution in [2.75, 3.05) is 18.4 Å². The van der Waals surface area contributed by atoms with Crippen LogP contribution in [-0.4, -0.2) is 39.4 Å². The van der Waals surface area contributed by atoms with Gasteiger partial charge in [0.25, 0.3) is 5.91 Å². The summed E-state index contributed by atoms with van der Waals surface area (Å²) >= 11 is 1.34. The highest BCUT2D eigenvalue weighted by molar-refractivity contribution is 7.12. The molecule has 0 spiro atoms. The van der Waals surface area contributed by atoms with Gasteiger partial charge in [-0.2, -0.15) is 0 Å². The molecule has 0 radical (unpaired) electrons. The van der Waals surface area contributed by atoms with Crippen molar-refractivity contribution in [3.05, 3.63) is 101 Å². The number of hydrogen-bond acceptors (Lipinski definition) is 4. The molecule has 2 amide bonds. The Labute approximate surface area is 196 Å². The number of hydrogen-bond donors (Lipinski definition) is 1. The zero-order valence-corrected chi connectivity index (χ0v) is 19.1. The Kier molecular flexibility index (Phi) is 6.80. The molecule has 0 bridgehead atoms. The van der Waals surface area contributed by atoms with Gasteiger partial charge in [-0.3, -0.25) is 19.5 Å². The zero-order valence-electron chi connectivity index (χ0n) is 18.3. The molecule has 0 saturated carbocycles. The van der Waals surface area contributed by atoms with Gasteiger partial charge >= 0.3 is 0 Å². The molecule has 0 aliphatic carbocycles. The SMILES string of the molecule is C=CCN(CC(=O)Nc1nc(-c2ccccc2)cn1-c1ccc(C)cc1)C(=O)c1cccs1. The summed E-state index contributed by atoms with van der Waals surface area (Å²) in [7, 11) is 0. The number of aromatic nitrogens is 2. The molecule has 33 heavy (non-hydrogen) atoms. The number of aryl methyl sites for hydroxylation is 1. The third-order valence-electron chi connectivity index (χ3n) is 5.04. The van der Waals surface area contributed by atoms with Crippen LogP contribution in [0.1, 0.15) is 15.2 Å². The van der Waals surface area contributed by atoms with E-state index in [0.29, 0.717) is 10.8 Å². The average Bonchev–Trinajstić information content (AvgIpc) is 3.50. The fourth-order valence-corrected chi connectivity index (χ4v) is 4.08. The number of carbonyl (C=O) groups excluding carboxylic acids is 2. The van der Waals surface area contributed by atoms with Crippen molar-refractivity contribution < 1.29 is 9.59 Å². The van der Waals surface area contributed by atoms with E-state index in [2.05, 4.69) is 16.9 Å². The van der Waals surface area contributed by atoms with Crippen molar-refractivity contribution in [3.8, 4) is 16.9 Å². The standard InChI is InChI=1S/C26H24N4O2S/c1-3-15-29(25(32)23-10-7-16-33-23)18-24(31)28-26-27-22(20-8-5-4-6-9-20)17-30(26)21-13-11-19(2)12-14-21/h3-14,16-17H,1,15,18H2,2H3,(H,27,28,31). The quantitative estimate of drug-likeness (QED) is 0.372. The molecule has 0 aliphatic rings. The van der Waals surface area contributed by atoms with Gasteiger partial charge in [0.2, 0.25) is 11.9 Å². The maximum atomic E-state index is 13.0. The van der Waals surface area contributed by atoms with Gasteiger partial charge < -0.3 is 4.90 Å². The van der Waals surface area contributed by atoms with Crippen LogP contribution >= 0.6 is 11.3 Å². The summed E-state index contributed by atoms with van der Waals surface area (Å²) in [5.74, 6) is -0.142. The Bertz CT molecular complexity index is 1250. The summed E-state index contributed by atoms with van der Waals surface area (Å²) < 4.78 is 1.85. The minimum atomic E-state index is -0.333. The minimum Gasteiger partial charge on any atom is -0.325 e. The van der Waals surface area contributed by atoms with Crippen LogP contribution in [0.15, 0.2) is 91.0 Å². The number of anilines is 1. The maximum absolute atomic E-state index is 13.0. The number of nitrogens with one attached hydrogen (secondary N) is 1. The van der Waals surface area contributed by atoms with Crippen LogP contribution in [-0.2, 0) is 4.79 Å². The second kappa shape index (κ2) is 10.1. The van der Waals surface area contributed by atoms with E-state index in [1.165, 1.54) is 16.2 Å². The topological polar surface area (TPSA) is 67.2 Å². The largest absolute Gasteiger partial charge is 0.325 e. The van der Waals surface area contributed by atoms with Crippen LogP contribution in [0.2, 0.25) is 0 Å². The summed E-state index contributed by atoms with van der Waals surface area (Å²) in [4.78, 5) is 32.5. The predicted molar refractivity (Wildman–Crippen MR) is 133 cm³/mol. The molecule has 0 unspecified atom stereocenters. The monoisotopic (exact) mass is 456 g/mol. The fourth-order valence-electron chi connectivity index (χ4n) is 3.39. The number of amides is 2. The van der Waals surface area contributed by atoms with Crippen molar-refractivity contribution in [3.63, 3.8) is 0 Å². The molecule has 4 aromatic rings. The number of rotatable bonds is 8. The molecular formula is C26H24N4O2S. The van der Waals surface area contributed by atoms with Gasteiger partial charge in [-0.1, -0.05) is 60.2 Å². The van der Waals surface area contributed by atoms with Gasteiger partial charge in [0.05, 0.1) is 10.6 Å². The Hall–Kier alpha value is -3.97. The molecule has 2 aromatic carbocycles. The lowest BCUT2D eigenvalue weighted by molar-refractivity contribution is -0.116.